The number of nitrogens with zero attached hydrogens (tertiary/aromatic N) is 2. The standard InChI is InChI=1S/C14H16N2O2/c1-2-12(14(17)18)13-8-15-10-16(13)9-11-6-4-3-5-7-11/h3-8,10,12H,2,9H2,1H3,(H,17,18)/p-1. The van der Waals surface area contributed by atoms with Gasteiger partial charge < -0.3 is 14.5 Å². The molecule has 0 saturated carbocycles. The number of hydrogen-bond donors (Lipinski definition) is 0. The molecule has 1 aromatic heterocycles. The fourth-order valence-corrected chi connectivity index (χ4v) is 2.03. The summed E-state index contributed by atoms with van der Waals surface area (Å²) in [6, 6.07) is 9.88. The Kier molecular flexibility index (Phi) is 3.77. The van der Waals surface area contributed by atoms with E-state index in [1.165, 1.54) is 0 Å². The summed E-state index contributed by atoms with van der Waals surface area (Å²) < 4.78 is 1.86. The van der Waals surface area contributed by atoms with E-state index >= 15 is 0 Å². The Morgan fingerprint density at radius 1 is 1.39 bits per heavy atom. The number of carbonyl (C=O) groups is 1. The molecule has 1 heterocycles. The van der Waals surface area contributed by atoms with Crippen LogP contribution in [-0.2, 0) is 11.3 Å². The molecule has 4 nitrogen and oxygen atoms in total. The first-order chi connectivity index (χ1) is 8.72. The number of carboxylic acids is 1. The Balaban J connectivity index is 2.25. The zero-order valence-electron chi connectivity index (χ0n) is 10.2. The van der Waals surface area contributed by atoms with Gasteiger partial charge in [0.1, 0.15) is 0 Å². The van der Waals surface area contributed by atoms with E-state index in [2.05, 4.69) is 4.98 Å². The Morgan fingerprint density at radius 2 is 2.11 bits per heavy atom. The fourth-order valence-electron chi connectivity index (χ4n) is 2.03. The highest BCUT2D eigenvalue weighted by Gasteiger charge is 2.15. The van der Waals surface area contributed by atoms with Crippen LogP contribution in [0.4, 0.5) is 0 Å². The van der Waals surface area contributed by atoms with Crippen LogP contribution >= 0.6 is 0 Å². The normalized spacial score (nSPS) is 12.3. The van der Waals surface area contributed by atoms with Crippen LogP contribution in [0.5, 0.6) is 0 Å². The van der Waals surface area contributed by atoms with Crippen molar-refractivity contribution < 1.29 is 9.90 Å². The molecule has 1 unspecified atom stereocenters. The largest absolute Gasteiger partial charge is 0.549 e. The quantitative estimate of drug-likeness (QED) is 0.792. The molecule has 0 radical (unpaired) electrons. The zero-order valence-corrected chi connectivity index (χ0v) is 10.2. The van der Waals surface area contributed by atoms with Gasteiger partial charge in [-0.2, -0.15) is 0 Å². The average Bonchev–Trinajstić information content (AvgIpc) is 2.79. The minimum absolute atomic E-state index is 0.503. The highest BCUT2D eigenvalue weighted by Crippen LogP contribution is 2.19. The molecular weight excluding hydrogens is 228 g/mol. The van der Waals surface area contributed by atoms with E-state index in [0.29, 0.717) is 18.7 Å². The minimum atomic E-state index is -1.05. The first kappa shape index (κ1) is 12.4. The van der Waals surface area contributed by atoms with Gasteiger partial charge in [-0.15, -0.1) is 0 Å². The second-order valence-electron chi connectivity index (χ2n) is 4.21. The van der Waals surface area contributed by atoms with Crippen molar-refractivity contribution in [2.24, 2.45) is 0 Å². The van der Waals surface area contributed by atoms with Crippen molar-refractivity contribution in [3.8, 4) is 0 Å². The lowest BCUT2D eigenvalue weighted by atomic mass is 10.0. The first-order valence-electron chi connectivity index (χ1n) is 5.97. The summed E-state index contributed by atoms with van der Waals surface area (Å²) in [5, 5.41) is 11.1. The number of benzene rings is 1. The second kappa shape index (κ2) is 5.49. The van der Waals surface area contributed by atoms with Crippen LogP contribution in [0.25, 0.3) is 0 Å². The molecule has 2 aromatic rings. The highest BCUT2D eigenvalue weighted by atomic mass is 16.4. The van der Waals surface area contributed by atoms with Gasteiger partial charge in [0, 0.05) is 24.4 Å². The summed E-state index contributed by atoms with van der Waals surface area (Å²) in [5.74, 6) is -1.65. The third kappa shape index (κ3) is 2.59. The lowest BCUT2D eigenvalue weighted by molar-refractivity contribution is -0.308. The van der Waals surface area contributed by atoms with Crippen LogP contribution < -0.4 is 5.11 Å². The maximum absolute atomic E-state index is 11.1. The predicted molar refractivity (Wildman–Crippen MR) is 65.8 cm³/mol. The Hall–Kier alpha value is -2.10. The average molecular weight is 243 g/mol. The molecule has 0 aliphatic heterocycles. The van der Waals surface area contributed by atoms with Crippen molar-refractivity contribution >= 4 is 5.97 Å². The smallest absolute Gasteiger partial charge is 0.0951 e. The van der Waals surface area contributed by atoms with Crippen LogP contribution in [-0.4, -0.2) is 15.5 Å². The van der Waals surface area contributed by atoms with Gasteiger partial charge in [0.05, 0.1) is 12.3 Å². The molecule has 0 N–H and O–H groups in total. The molecule has 94 valence electrons. The van der Waals surface area contributed by atoms with E-state index in [9.17, 15) is 9.90 Å². The summed E-state index contributed by atoms with van der Waals surface area (Å²) >= 11 is 0. The van der Waals surface area contributed by atoms with Crippen molar-refractivity contribution in [3.05, 3.63) is 54.1 Å². The molecule has 4 heteroatoms. The Morgan fingerprint density at radius 3 is 2.72 bits per heavy atom. The van der Waals surface area contributed by atoms with Crippen LogP contribution in [0.3, 0.4) is 0 Å². The zero-order chi connectivity index (χ0) is 13.0. The van der Waals surface area contributed by atoms with E-state index in [0.717, 1.165) is 5.56 Å². The van der Waals surface area contributed by atoms with Gasteiger partial charge in [-0.1, -0.05) is 37.3 Å². The number of imidazole rings is 1. The molecule has 0 bridgehead atoms. The van der Waals surface area contributed by atoms with Crippen molar-refractivity contribution in [2.75, 3.05) is 0 Å². The van der Waals surface area contributed by atoms with Crippen LogP contribution in [0.15, 0.2) is 42.9 Å². The monoisotopic (exact) mass is 243 g/mol. The van der Waals surface area contributed by atoms with E-state index in [-0.39, 0.29) is 0 Å². The van der Waals surface area contributed by atoms with Gasteiger partial charge in [-0.3, -0.25) is 0 Å². The molecule has 1 aromatic carbocycles. The highest BCUT2D eigenvalue weighted by molar-refractivity contribution is 5.73. The maximum atomic E-state index is 11.1. The van der Waals surface area contributed by atoms with Crippen molar-refractivity contribution in [3.63, 3.8) is 0 Å². The van der Waals surface area contributed by atoms with Gasteiger partial charge >= 0.3 is 0 Å². The lowest BCUT2D eigenvalue weighted by Gasteiger charge is -2.18. The summed E-state index contributed by atoms with van der Waals surface area (Å²) in [5.41, 5.74) is 1.81. The van der Waals surface area contributed by atoms with Crippen LogP contribution in [0.1, 0.15) is 30.5 Å². The van der Waals surface area contributed by atoms with Crippen LogP contribution in [0, 0.1) is 0 Å². The fraction of sp³-hybridized carbons (Fsp3) is 0.286. The van der Waals surface area contributed by atoms with Gasteiger partial charge in [0.15, 0.2) is 0 Å². The van der Waals surface area contributed by atoms with Crippen LogP contribution in [0.2, 0.25) is 0 Å². The Bertz CT molecular complexity index is 520. The number of hydrogen-bond acceptors (Lipinski definition) is 3. The third-order valence-electron chi connectivity index (χ3n) is 2.99. The molecule has 0 amide bonds. The van der Waals surface area contributed by atoms with Crippen molar-refractivity contribution in [1.82, 2.24) is 9.55 Å². The van der Waals surface area contributed by atoms with Gasteiger partial charge in [-0.25, -0.2) is 4.98 Å². The van der Waals surface area contributed by atoms with Gasteiger partial charge in [-0.05, 0) is 12.0 Å². The molecule has 2 rings (SSSR count). The topological polar surface area (TPSA) is 57.9 Å². The lowest BCUT2D eigenvalue weighted by Crippen LogP contribution is -2.30. The predicted octanol–water partition coefficient (Wildman–Crippen LogP) is 1.17. The summed E-state index contributed by atoms with van der Waals surface area (Å²) in [4.78, 5) is 15.1. The van der Waals surface area contributed by atoms with E-state index in [1.807, 2.05) is 41.8 Å². The molecule has 18 heavy (non-hydrogen) atoms. The van der Waals surface area contributed by atoms with E-state index < -0.39 is 11.9 Å². The molecule has 0 spiro atoms. The van der Waals surface area contributed by atoms with E-state index in [1.54, 1.807) is 12.5 Å². The minimum Gasteiger partial charge on any atom is -0.549 e. The molecule has 1 atom stereocenters. The number of carbonyl (C=O) groups excluding carboxylic acids is 1. The molecule has 0 aliphatic carbocycles. The second-order valence-corrected chi connectivity index (χ2v) is 4.21. The molecule has 0 fully saturated rings. The number of aromatic nitrogens is 2. The summed E-state index contributed by atoms with van der Waals surface area (Å²) in [7, 11) is 0. The van der Waals surface area contributed by atoms with Crippen molar-refractivity contribution in [1.29, 1.82) is 0 Å². The molecular formula is C14H15N2O2-. The van der Waals surface area contributed by atoms with E-state index in [4.69, 9.17) is 0 Å². The van der Waals surface area contributed by atoms with Gasteiger partial charge in [0.25, 0.3) is 0 Å². The third-order valence-corrected chi connectivity index (χ3v) is 2.99. The summed E-state index contributed by atoms with van der Waals surface area (Å²) in [6.45, 7) is 2.46. The number of aliphatic carboxylic acids is 1. The van der Waals surface area contributed by atoms with Gasteiger partial charge in [0.2, 0.25) is 0 Å². The number of rotatable bonds is 5. The SMILES string of the molecule is CCC(C(=O)[O-])c1cncn1Cc1ccccc1. The number of carboxylic acid groups (broad SMARTS) is 1. The summed E-state index contributed by atoms with van der Waals surface area (Å²) in [6.07, 6.45) is 3.77. The molecule has 0 aliphatic rings. The maximum Gasteiger partial charge on any atom is 0.0951 e. The molecule has 0 saturated heterocycles. The first-order valence-corrected chi connectivity index (χ1v) is 5.97. The Labute approximate surface area is 106 Å². The van der Waals surface area contributed by atoms with Crippen molar-refractivity contribution in [2.45, 2.75) is 25.8 Å².